The average Bonchev–Trinajstić information content (AvgIpc) is 2.28. The summed E-state index contributed by atoms with van der Waals surface area (Å²) in [6, 6.07) is 6.78. The number of morpholine rings is 1. The van der Waals surface area contributed by atoms with Crippen molar-refractivity contribution in [2.75, 3.05) is 19.8 Å². The molecular weight excluding hydrogens is 318 g/mol. The van der Waals surface area contributed by atoms with E-state index >= 15 is 0 Å². The Morgan fingerprint density at radius 3 is 2.72 bits per heavy atom. The van der Waals surface area contributed by atoms with Gasteiger partial charge in [0, 0.05) is 11.0 Å². The second kappa shape index (κ2) is 4.92. The van der Waals surface area contributed by atoms with Crippen LogP contribution in [0.2, 0.25) is 0 Å². The van der Waals surface area contributed by atoms with Crippen LogP contribution in [0, 0.1) is 0 Å². The summed E-state index contributed by atoms with van der Waals surface area (Å²) in [6.45, 7) is 5.00. The van der Waals surface area contributed by atoms with E-state index in [1.54, 1.807) is 18.2 Å². The van der Waals surface area contributed by atoms with E-state index in [1.165, 1.54) is 4.31 Å². The van der Waals surface area contributed by atoms with E-state index in [2.05, 4.69) is 15.9 Å². The van der Waals surface area contributed by atoms with E-state index in [0.29, 0.717) is 24.7 Å². The maximum absolute atomic E-state index is 12.6. The van der Waals surface area contributed by atoms with E-state index in [4.69, 9.17) is 4.74 Å². The summed E-state index contributed by atoms with van der Waals surface area (Å²) in [5.74, 6) is 0. The highest BCUT2D eigenvalue weighted by molar-refractivity contribution is 9.10. The molecule has 1 heterocycles. The lowest BCUT2D eigenvalue weighted by Gasteiger charge is -2.40. The molecular formula is C12H16BrNO3S. The van der Waals surface area contributed by atoms with Gasteiger partial charge < -0.3 is 4.74 Å². The van der Waals surface area contributed by atoms with Crippen molar-refractivity contribution in [3.8, 4) is 0 Å². The maximum Gasteiger partial charge on any atom is 0.243 e. The Labute approximate surface area is 116 Å². The van der Waals surface area contributed by atoms with E-state index in [1.807, 2.05) is 19.9 Å². The summed E-state index contributed by atoms with van der Waals surface area (Å²) in [5, 5.41) is 0. The highest BCUT2D eigenvalue weighted by atomic mass is 79.9. The largest absolute Gasteiger partial charge is 0.378 e. The quantitative estimate of drug-likeness (QED) is 0.833. The number of hydrogen-bond donors (Lipinski definition) is 0. The molecule has 1 aliphatic heterocycles. The minimum absolute atomic E-state index is 0.312. The predicted molar refractivity (Wildman–Crippen MR) is 72.9 cm³/mol. The highest BCUT2D eigenvalue weighted by Crippen LogP contribution is 2.28. The van der Waals surface area contributed by atoms with E-state index in [-0.39, 0.29) is 0 Å². The van der Waals surface area contributed by atoms with Crippen LogP contribution in [0.4, 0.5) is 0 Å². The third-order valence-corrected chi connectivity index (χ3v) is 5.55. The van der Waals surface area contributed by atoms with Crippen molar-refractivity contribution in [2.45, 2.75) is 24.3 Å². The van der Waals surface area contributed by atoms with Crippen LogP contribution in [-0.2, 0) is 14.8 Å². The van der Waals surface area contributed by atoms with Gasteiger partial charge in [-0.1, -0.05) is 22.0 Å². The van der Waals surface area contributed by atoms with Crippen molar-refractivity contribution in [3.63, 3.8) is 0 Å². The number of ether oxygens (including phenoxy) is 1. The molecule has 0 N–H and O–H groups in total. The zero-order valence-corrected chi connectivity index (χ0v) is 12.8. The van der Waals surface area contributed by atoms with Crippen LogP contribution in [0.25, 0.3) is 0 Å². The number of benzene rings is 1. The highest BCUT2D eigenvalue weighted by Gasteiger charge is 2.39. The van der Waals surface area contributed by atoms with Gasteiger partial charge in [-0.05, 0) is 32.0 Å². The summed E-state index contributed by atoms with van der Waals surface area (Å²) in [5.41, 5.74) is -0.514. The van der Waals surface area contributed by atoms with Crippen LogP contribution < -0.4 is 0 Å². The van der Waals surface area contributed by atoms with E-state index in [0.717, 1.165) is 4.47 Å². The Balaban J connectivity index is 2.42. The number of halogens is 1. The number of sulfonamides is 1. The first-order valence-electron chi connectivity index (χ1n) is 5.70. The van der Waals surface area contributed by atoms with Gasteiger partial charge in [-0.3, -0.25) is 0 Å². The average molecular weight is 334 g/mol. The van der Waals surface area contributed by atoms with Crippen molar-refractivity contribution in [1.82, 2.24) is 4.31 Å². The van der Waals surface area contributed by atoms with Gasteiger partial charge >= 0.3 is 0 Å². The Morgan fingerprint density at radius 1 is 1.39 bits per heavy atom. The van der Waals surface area contributed by atoms with Crippen LogP contribution >= 0.6 is 15.9 Å². The van der Waals surface area contributed by atoms with Crippen molar-refractivity contribution in [2.24, 2.45) is 0 Å². The van der Waals surface area contributed by atoms with Gasteiger partial charge in [0.1, 0.15) is 0 Å². The van der Waals surface area contributed by atoms with Gasteiger partial charge in [-0.25, -0.2) is 8.42 Å². The lowest BCUT2D eigenvalue weighted by molar-refractivity contribution is -0.00770. The fourth-order valence-corrected chi connectivity index (χ4v) is 4.39. The van der Waals surface area contributed by atoms with Crippen molar-refractivity contribution in [3.05, 3.63) is 28.7 Å². The molecule has 0 amide bonds. The monoisotopic (exact) mass is 333 g/mol. The molecule has 6 heteroatoms. The van der Waals surface area contributed by atoms with Gasteiger partial charge in [-0.2, -0.15) is 4.31 Å². The summed E-state index contributed by atoms with van der Waals surface area (Å²) < 4.78 is 32.8. The first-order chi connectivity index (χ1) is 8.34. The zero-order chi connectivity index (χ0) is 13.4. The molecule has 0 bridgehead atoms. The first kappa shape index (κ1) is 14.0. The van der Waals surface area contributed by atoms with E-state index < -0.39 is 15.6 Å². The van der Waals surface area contributed by atoms with Crippen LogP contribution in [0.3, 0.4) is 0 Å². The minimum atomic E-state index is -3.47. The molecule has 0 aliphatic carbocycles. The summed E-state index contributed by atoms with van der Waals surface area (Å²) >= 11 is 3.30. The number of nitrogens with zero attached hydrogens (tertiary/aromatic N) is 1. The molecule has 0 unspecified atom stereocenters. The summed E-state index contributed by atoms with van der Waals surface area (Å²) in [7, 11) is -3.47. The summed E-state index contributed by atoms with van der Waals surface area (Å²) in [6.07, 6.45) is 0. The minimum Gasteiger partial charge on any atom is -0.378 e. The number of hydrogen-bond acceptors (Lipinski definition) is 3. The molecule has 0 spiro atoms. The molecule has 1 aliphatic rings. The molecule has 100 valence electrons. The van der Waals surface area contributed by atoms with Crippen molar-refractivity contribution >= 4 is 26.0 Å². The second-order valence-corrected chi connectivity index (χ2v) is 7.68. The molecule has 1 aromatic rings. The van der Waals surface area contributed by atoms with Crippen LogP contribution in [-0.4, -0.2) is 38.0 Å². The van der Waals surface area contributed by atoms with Gasteiger partial charge in [0.2, 0.25) is 10.0 Å². The fraction of sp³-hybridized carbons (Fsp3) is 0.500. The third-order valence-electron chi connectivity index (χ3n) is 2.95. The molecule has 0 atom stereocenters. The fourth-order valence-electron chi connectivity index (χ4n) is 2.04. The standard InChI is InChI=1S/C12H16BrNO3S/c1-12(2)9-17-7-6-14(12)18(15,16)11-5-3-4-10(13)8-11/h3-5,8H,6-7,9H2,1-2H3. The molecule has 4 nitrogen and oxygen atoms in total. The Bertz CT molecular complexity index is 542. The SMILES string of the molecule is CC1(C)COCCN1S(=O)(=O)c1cccc(Br)c1. The maximum atomic E-state index is 12.6. The van der Waals surface area contributed by atoms with Gasteiger partial charge in [0.05, 0.1) is 23.6 Å². The van der Waals surface area contributed by atoms with Gasteiger partial charge in [0.15, 0.2) is 0 Å². The van der Waals surface area contributed by atoms with Crippen molar-refractivity contribution in [1.29, 1.82) is 0 Å². The number of rotatable bonds is 2. The van der Waals surface area contributed by atoms with Crippen molar-refractivity contribution < 1.29 is 13.2 Å². The van der Waals surface area contributed by atoms with Gasteiger partial charge in [-0.15, -0.1) is 0 Å². The Hall–Kier alpha value is -0.430. The molecule has 2 rings (SSSR count). The molecule has 1 saturated heterocycles. The predicted octanol–water partition coefficient (Wildman–Crippen LogP) is 2.25. The Morgan fingerprint density at radius 2 is 2.11 bits per heavy atom. The van der Waals surface area contributed by atoms with Gasteiger partial charge in [0.25, 0.3) is 0 Å². The Kier molecular flexibility index (Phi) is 3.82. The molecule has 0 saturated carbocycles. The first-order valence-corrected chi connectivity index (χ1v) is 7.93. The van der Waals surface area contributed by atoms with Crippen LogP contribution in [0.5, 0.6) is 0 Å². The molecule has 0 radical (unpaired) electrons. The lowest BCUT2D eigenvalue weighted by Crippen LogP contribution is -2.55. The third kappa shape index (κ3) is 2.61. The zero-order valence-electron chi connectivity index (χ0n) is 10.4. The molecule has 0 aromatic heterocycles. The summed E-state index contributed by atoms with van der Waals surface area (Å²) in [4.78, 5) is 0.312. The second-order valence-electron chi connectivity index (χ2n) is 4.90. The molecule has 1 fully saturated rings. The molecule has 18 heavy (non-hydrogen) atoms. The van der Waals surface area contributed by atoms with E-state index in [9.17, 15) is 8.42 Å². The smallest absolute Gasteiger partial charge is 0.243 e. The molecule has 1 aromatic carbocycles. The van der Waals surface area contributed by atoms with Crippen LogP contribution in [0.1, 0.15) is 13.8 Å². The topological polar surface area (TPSA) is 46.6 Å². The lowest BCUT2D eigenvalue weighted by atomic mass is 10.1. The normalized spacial score (nSPS) is 20.8. The van der Waals surface area contributed by atoms with Crippen LogP contribution in [0.15, 0.2) is 33.6 Å².